The molecule has 1 aromatic heterocycles. The summed E-state index contributed by atoms with van der Waals surface area (Å²) < 4.78 is 39.4. The SMILES string of the molecule is CC(C)c1c[nH]c2c(N3CCCC3=O)cc(C(=O)N[C@@H](Cc3ccccc3)[C@@H](O)CNCc3cccc(C(F)(F)F)c3)cc12. The van der Waals surface area contributed by atoms with E-state index in [9.17, 15) is 27.9 Å². The molecular formula is C34H37F3N4O3. The third-order valence-electron chi connectivity index (χ3n) is 8.07. The monoisotopic (exact) mass is 606 g/mol. The van der Waals surface area contributed by atoms with Gasteiger partial charge in [0.05, 0.1) is 28.9 Å². The molecule has 1 aliphatic rings. The van der Waals surface area contributed by atoms with Crippen LogP contribution in [-0.2, 0) is 23.9 Å². The summed E-state index contributed by atoms with van der Waals surface area (Å²) in [6, 6.07) is 17.3. The summed E-state index contributed by atoms with van der Waals surface area (Å²) in [5, 5.41) is 18.1. The molecule has 2 atom stereocenters. The van der Waals surface area contributed by atoms with Gasteiger partial charge in [0, 0.05) is 43.2 Å². The summed E-state index contributed by atoms with van der Waals surface area (Å²) in [4.78, 5) is 31.5. The smallest absolute Gasteiger partial charge is 0.390 e. The van der Waals surface area contributed by atoms with Crippen molar-refractivity contribution in [3.05, 3.63) is 101 Å². The van der Waals surface area contributed by atoms with E-state index >= 15 is 0 Å². The zero-order valence-electron chi connectivity index (χ0n) is 24.7. The van der Waals surface area contributed by atoms with Crippen molar-refractivity contribution in [3.8, 4) is 0 Å². The Labute approximate surface area is 254 Å². The number of benzene rings is 3. The molecule has 2 heterocycles. The summed E-state index contributed by atoms with van der Waals surface area (Å²) in [6.45, 7) is 4.85. The number of rotatable bonds is 11. The van der Waals surface area contributed by atoms with Crippen molar-refractivity contribution in [1.29, 1.82) is 0 Å². The van der Waals surface area contributed by atoms with E-state index in [0.717, 1.165) is 40.6 Å². The van der Waals surface area contributed by atoms with Gasteiger partial charge in [-0.3, -0.25) is 9.59 Å². The molecule has 4 N–H and O–H groups in total. The van der Waals surface area contributed by atoms with Crippen LogP contribution in [0.5, 0.6) is 0 Å². The Balaban J connectivity index is 1.38. The number of halogens is 3. The molecule has 0 unspecified atom stereocenters. The van der Waals surface area contributed by atoms with Gasteiger partial charge in [-0.25, -0.2) is 0 Å². The largest absolute Gasteiger partial charge is 0.416 e. The van der Waals surface area contributed by atoms with E-state index < -0.39 is 29.8 Å². The first kappa shape index (κ1) is 31.3. The number of hydrogen-bond donors (Lipinski definition) is 4. The molecule has 1 fully saturated rings. The van der Waals surface area contributed by atoms with Gasteiger partial charge in [-0.05, 0) is 53.6 Å². The van der Waals surface area contributed by atoms with Crippen LogP contribution in [0.2, 0.25) is 0 Å². The number of fused-ring (bicyclic) bond motifs is 1. The lowest BCUT2D eigenvalue weighted by atomic mass is 9.98. The molecule has 0 saturated carbocycles. The van der Waals surface area contributed by atoms with Gasteiger partial charge < -0.3 is 25.6 Å². The highest BCUT2D eigenvalue weighted by atomic mass is 19.4. The molecule has 0 aliphatic carbocycles. The number of anilines is 1. The molecule has 5 rings (SSSR count). The van der Waals surface area contributed by atoms with E-state index in [2.05, 4.69) is 29.5 Å². The van der Waals surface area contributed by atoms with Gasteiger partial charge in [0.15, 0.2) is 0 Å². The van der Waals surface area contributed by atoms with Crippen molar-refractivity contribution in [2.45, 2.75) is 63.9 Å². The number of carbonyl (C=O) groups excluding carboxylic acids is 2. The van der Waals surface area contributed by atoms with Crippen LogP contribution in [0.4, 0.5) is 18.9 Å². The van der Waals surface area contributed by atoms with Gasteiger partial charge >= 0.3 is 6.18 Å². The second-order valence-electron chi connectivity index (χ2n) is 11.6. The van der Waals surface area contributed by atoms with E-state index in [1.165, 1.54) is 6.07 Å². The van der Waals surface area contributed by atoms with E-state index in [0.29, 0.717) is 36.2 Å². The molecule has 0 spiro atoms. The zero-order valence-corrected chi connectivity index (χ0v) is 24.7. The number of nitrogens with zero attached hydrogens (tertiary/aromatic N) is 1. The van der Waals surface area contributed by atoms with Crippen molar-refractivity contribution in [3.63, 3.8) is 0 Å². The van der Waals surface area contributed by atoms with Crippen LogP contribution < -0.4 is 15.5 Å². The number of aromatic amines is 1. The van der Waals surface area contributed by atoms with Crippen molar-refractivity contribution in [2.24, 2.45) is 0 Å². The minimum atomic E-state index is -4.44. The first-order valence-electron chi connectivity index (χ1n) is 14.9. The van der Waals surface area contributed by atoms with Crippen LogP contribution in [0.25, 0.3) is 10.9 Å². The molecule has 0 bridgehead atoms. The van der Waals surface area contributed by atoms with Gasteiger partial charge in [-0.1, -0.05) is 62.4 Å². The van der Waals surface area contributed by atoms with Crippen molar-refractivity contribution < 1.29 is 27.9 Å². The predicted octanol–water partition coefficient (Wildman–Crippen LogP) is 5.93. The normalized spacial score (nSPS) is 15.2. The van der Waals surface area contributed by atoms with Gasteiger partial charge in [0.1, 0.15) is 0 Å². The lowest BCUT2D eigenvalue weighted by molar-refractivity contribution is -0.137. The number of nitrogens with one attached hydrogen (secondary N) is 3. The van der Waals surface area contributed by atoms with E-state index in [-0.39, 0.29) is 24.9 Å². The average molecular weight is 607 g/mol. The van der Waals surface area contributed by atoms with E-state index in [1.54, 1.807) is 17.0 Å². The maximum absolute atomic E-state index is 13.8. The van der Waals surface area contributed by atoms with Crippen LogP contribution in [0.1, 0.15) is 65.2 Å². The third kappa shape index (κ3) is 7.14. The molecule has 4 aromatic rings. The minimum Gasteiger partial charge on any atom is -0.390 e. The number of alkyl halides is 3. The molecule has 7 nitrogen and oxygen atoms in total. The highest BCUT2D eigenvalue weighted by Crippen LogP contribution is 2.35. The molecule has 232 valence electrons. The first-order chi connectivity index (χ1) is 21.0. The Morgan fingerprint density at radius 1 is 1.05 bits per heavy atom. The average Bonchev–Trinajstić information content (AvgIpc) is 3.63. The quantitative estimate of drug-likeness (QED) is 0.170. The van der Waals surface area contributed by atoms with Crippen LogP contribution in [0.3, 0.4) is 0 Å². The van der Waals surface area contributed by atoms with E-state index in [1.807, 2.05) is 42.6 Å². The fourth-order valence-corrected chi connectivity index (χ4v) is 5.73. The van der Waals surface area contributed by atoms with Crippen molar-refractivity contribution in [2.75, 3.05) is 18.0 Å². The topological polar surface area (TPSA) is 97.5 Å². The highest BCUT2D eigenvalue weighted by molar-refractivity contribution is 6.08. The van der Waals surface area contributed by atoms with E-state index in [4.69, 9.17) is 0 Å². The molecule has 3 aromatic carbocycles. The Hall–Kier alpha value is -4.15. The maximum Gasteiger partial charge on any atom is 0.416 e. The fraction of sp³-hybridized carbons (Fsp3) is 0.353. The lowest BCUT2D eigenvalue weighted by Crippen LogP contribution is -2.48. The Morgan fingerprint density at radius 3 is 2.48 bits per heavy atom. The first-order valence-corrected chi connectivity index (χ1v) is 14.9. The number of aliphatic hydroxyl groups is 1. The van der Waals surface area contributed by atoms with Gasteiger partial charge in [-0.2, -0.15) is 13.2 Å². The summed E-state index contributed by atoms with van der Waals surface area (Å²) >= 11 is 0. The van der Waals surface area contributed by atoms with Crippen LogP contribution in [0.15, 0.2) is 72.9 Å². The molecule has 10 heteroatoms. The number of H-pyrrole nitrogens is 1. The third-order valence-corrected chi connectivity index (χ3v) is 8.07. The number of amides is 2. The lowest BCUT2D eigenvalue weighted by Gasteiger charge is -2.25. The molecule has 1 aliphatic heterocycles. The summed E-state index contributed by atoms with van der Waals surface area (Å²) in [5.74, 6) is -0.206. The summed E-state index contributed by atoms with van der Waals surface area (Å²) in [7, 11) is 0. The number of aliphatic hydroxyl groups excluding tert-OH is 1. The fourth-order valence-electron chi connectivity index (χ4n) is 5.73. The van der Waals surface area contributed by atoms with Gasteiger partial charge in [0.2, 0.25) is 5.91 Å². The molecular weight excluding hydrogens is 569 g/mol. The predicted molar refractivity (Wildman–Crippen MR) is 165 cm³/mol. The number of carbonyl (C=O) groups is 2. The van der Waals surface area contributed by atoms with Crippen LogP contribution >= 0.6 is 0 Å². The van der Waals surface area contributed by atoms with Crippen LogP contribution in [-0.4, -0.2) is 47.1 Å². The van der Waals surface area contributed by atoms with Crippen molar-refractivity contribution in [1.82, 2.24) is 15.6 Å². The Kier molecular flexibility index (Phi) is 9.41. The standard InChI is InChI=1S/C34H37F3N4O3/c1-21(2)27-19-39-32-26(27)16-24(17-29(32)41-13-7-12-31(41)43)33(44)40-28(15-22-8-4-3-5-9-22)30(42)20-38-18-23-10-6-11-25(14-23)34(35,36)37/h3-6,8-11,14,16-17,19,21,28,30,38-39,42H,7,12-13,15,18,20H2,1-2H3,(H,40,44)/t28-,30-/m0/s1. The molecule has 1 saturated heterocycles. The van der Waals surface area contributed by atoms with Crippen LogP contribution in [0, 0.1) is 0 Å². The Morgan fingerprint density at radius 2 is 1.80 bits per heavy atom. The summed E-state index contributed by atoms with van der Waals surface area (Å²) in [6.07, 6.45) is -2.05. The van der Waals surface area contributed by atoms with Gasteiger partial charge in [-0.15, -0.1) is 0 Å². The summed E-state index contributed by atoms with van der Waals surface area (Å²) in [5.41, 5.74) is 3.46. The highest BCUT2D eigenvalue weighted by Gasteiger charge is 2.31. The number of hydrogen-bond acceptors (Lipinski definition) is 4. The second-order valence-corrected chi connectivity index (χ2v) is 11.6. The number of aromatic nitrogens is 1. The maximum atomic E-state index is 13.8. The Bertz CT molecular complexity index is 1620. The van der Waals surface area contributed by atoms with Crippen molar-refractivity contribution >= 4 is 28.4 Å². The molecule has 0 radical (unpaired) electrons. The molecule has 2 amide bonds. The molecule has 44 heavy (non-hydrogen) atoms. The zero-order chi connectivity index (χ0) is 31.4. The second kappa shape index (κ2) is 13.2. The van der Waals surface area contributed by atoms with Gasteiger partial charge in [0.25, 0.3) is 5.91 Å². The minimum absolute atomic E-state index is 0.00813.